The largest absolute Gasteiger partial charge is 0.327 e. The summed E-state index contributed by atoms with van der Waals surface area (Å²) in [7, 11) is 0. The maximum absolute atomic E-state index is 6.35. The summed E-state index contributed by atoms with van der Waals surface area (Å²) in [5.41, 5.74) is 6.35. The van der Waals surface area contributed by atoms with Crippen LogP contribution in [-0.4, -0.2) is 41.1 Å². The van der Waals surface area contributed by atoms with E-state index in [1.54, 1.807) is 0 Å². The molecule has 1 saturated carbocycles. The highest BCUT2D eigenvalue weighted by Gasteiger charge is 2.32. The molecule has 3 unspecified atom stereocenters. The van der Waals surface area contributed by atoms with Crippen molar-refractivity contribution in [3.8, 4) is 0 Å². The molecular formula is C15H30N2S. The van der Waals surface area contributed by atoms with Crippen molar-refractivity contribution >= 4 is 11.8 Å². The molecule has 2 nitrogen and oxygen atoms in total. The fourth-order valence-electron chi connectivity index (χ4n) is 3.57. The van der Waals surface area contributed by atoms with Gasteiger partial charge in [-0.15, -0.1) is 0 Å². The van der Waals surface area contributed by atoms with Gasteiger partial charge in [-0.25, -0.2) is 0 Å². The zero-order valence-electron chi connectivity index (χ0n) is 12.3. The van der Waals surface area contributed by atoms with E-state index in [4.69, 9.17) is 5.73 Å². The summed E-state index contributed by atoms with van der Waals surface area (Å²) in [5.74, 6) is 2.95. The van der Waals surface area contributed by atoms with Crippen LogP contribution in [0.25, 0.3) is 0 Å². The topological polar surface area (TPSA) is 29.3 Å². The summed E-state index contributed by atoms with van der Waals surface area (Å²) in [6, 6.07) is 0.450. The minimum Gasteiger partial charge on any atom is -0.327 e. The van der Waals surface area contributed by atoms with Gasteiger partial charge in [0.05, 0.1) is 0 Å². The maximum atomic E-state index is 6.35. The molecule has 0 amide bonds. The third-order valence-corrected chi connectivity index (χ3v) is 6.02. The van der Waals surface area contributed by atoms with Gasteiger partial charge >= 0.3 is 0 Å². The van der Waals surface area contributed by atoms with Crippen molar-refractivity contribution in [3.63, 3.8) is 0 Å². The summed E-state index contributed by atoms with van der Waals surface area (Å²) < 4.78 is 0.432. The molecule has 1 saturated heterocycles. The lowest BCUT2D eigenvalue weighted by molar-refractivity contribution is 0.150. The predicted molar refractivity (Wildman–Crippen MR) is 82.1 cm³/mol. The highest BCUT2D eigenvalue weighted by molar-refractivity contribution is 8.00. The molecule has 18 heavy (non-hydrogen) atoms. The fraction of sp³-hybridized carbons (Fsp3) is 1.00. The van der Waals surface area contributed by atoms with E-state index in [9.17, 15) is 0 Å². The van der Waals surface area contributed by atoms with Gasteiger partial charge in [0.2, 0.25) is 0 Å². The molecule has 2 rings (SSSR count). The minimum atomic E-state index is 0.432. The SMILES string of the molecule is CCC1CCC(N)C(CN2CCSC(C)(C)C2)C1. The van der Waals surface area contributed by atoms with Gasteiger partial charge in [-0.05, 0) is 44.9 Å². The number of hydrogen-bond acceptors (Lipinski definition) is 3. The van der Waals surface area contributed by atoms with Crippen molar-refractivity contribution in [2.45, 2.75) is 57.2 Å². The summed E-state index contributed by atoms with van der Waals surface area (Å²) in [6.45, 7) is 10.8. The smallest absolute Gasteiger partial charge is 0.0231 e. The van der Waals surface area contributed by atoms with Crippen LogP contribution in [0.15, 0.2) is 0 Å². The quantitative estimate of drug-likeness (QED) is 0.855. The monoisotopic (exact) mass is 270 g/mol. The average Bonchev–Trinajstić information content (AvgIpc) is 2.31. The molecule has 1 heterocycles. The Morgan fingerprint density at radius 1 is 1.33 bits per heavy atom. The van der Waals surface area contributed by atoms with Crippen LogP contribution in [0.3, 0.4) is 0 Å². The van der Waals surface area contributed by atoms with Crippen LogP contribution < -0.4 is 5.73 Å². The van der Waals surface area contributed by atoms with Gasteiger partial charge < -0.3 is 10.6 Å². The molecule has 2 N–H and O–H groups in total. The molecule has 1 aliphatic heterocycles. The van der Waals surface area contributed by atoms with Crippen LogP contribution in [0.4, 0.5) is 0 Å². The molecule has 0 spiro atoms. The van der Waals surface area contributed by atoms with E-state index in [2.05, 4.69) is 37.4 Å². The van der Waals surface area contributed by atoms with E-state index in [-0.39, 0.29) is 0 Å². The van der Waals surface area contributed by atoms with E-state index in [1.165, 1.54) is 51.1 Å². The molecule has 3 atom stereocenters. The fourth-order valence-corrected chi connectivity index (χ4v) is 4.74. The standard InChI is InChI=1S/C15H30N2S/c1-4-12-5-6-14(16)13(9-12)10-17-7-8-18-15(2,3)11-17/h12-14H,4-11,16H2,1-3H3. The molecule has 0 aromatic rings. The molecule has 0 radical (unpaired) electrons. The number of nitrogens with two attached hydrogens (primary N) is 1. The molecule has 3 heteroatoms. The first-order valence-corrected chi connectivity index (χ1v) is 8.60. The molecule has 0 aromatic carbocycles. The van der Waals surface area contributed by atoms with Gasteiger partial charge in [0.1, 0.15) is 0 Å². The van der Waals surface area contributed by atoms with Crippen LogP contribution in [0.2, 0.25) is 0 Å². The van der Waals surface area contributed by atoms with Crippen LogP contribution in [0.5, 0.6) is 0 Å². The zero-order valence-corrected chi connectivity index (χ0v) is 13.1. The Morgan fingerprint density at radius 3 is 2.78 bits per heavy atom. The molecule has 2 fully saturated rings. The van der Waals surface area contributed by atoms with Crippen molar-refractivity contribution in [2.24, 2.45) is 17.6 Å². The Bertz CT molecular complexity index is 267. The second-order valence-corrected chi connectivity index (χ2v) is 8.66. The minimum absolute atomic E-state index is 0.432. The lowest BCUT2D eigenvalue weighted by atomic mass is 9.77. The highest BCUT2D eigenvalue weighted by Crippen LogP contribution is 2.34. The Kier molecular flexibility index (Phi) is 5.01. The third-order valence-electron chi connectivity index (χ3n) is 4.72. The second kappa shape index (κ2) is 6.15. The Balaban J connectivity index is 1.87. The molecule has 0 aromatic heterocycles. The van der Waals surface area contributed by atoms with Crippen molar-refractivity contribution < 1.29 is 0 Å². The third kappa shape index (κ3) is 3.88. The van der Waals surface area contributed by atoms with E-state index >= 15 is 0 Å². The van der Waals surface area contributed by atoms with Crippen LogP contribution in [-0.2, 0) is 0 Å². The van der Waals surface area contributed by atoms with Crippen LogP contribution in [0.1, 0.15) is 46.5 Å². The molecule has 0 bridgehead atoms. The molecule has 106 valence electrons. The van der Waals surface area contributed by atoms with Gasteiger partial charge in [0, 0.05) is 36.2 Å². The lowest BCUT2D eigenvalue weighted by Gasteiger charge is -2.42. The second-order valence-electron chi connectivity index (χ2n) is 6.85. The van der Waals surface area contributed by atoms with E-state index < -0.39 is 0 Å². The highest BCUT2D eigenvalue weighted by atomic mass is 32.2. The number of hydrogen-bond donors (Lipinski definition) is 1. The Labute approximate surface area is 117 Å². The summed E-state index contributed by atoms with van der Waals surface area (Å²) in [5, 5.41) is 0. The molecular weight excluding hydrogens is 240 g/mol. The van der Waals surface area contributed by atoms with E-state index in [1.807, 2.05) is 0 Å². The van der Waals surface area contributed by atoms with Gasteiger partial charge in [-0.2, -0.15) is 11.8 Å². The molecule has 1 aliphatic carbocycles. The van der Waals surface area contributed by atoms with Gasteiger partial charge in [0.25, 0.3) is 0 Å². The van der Waals surface area contributed by atoms with Crippen LogP contribution in [0, 0.1) is 11.8 Å². The van der Waals surface area contributed by atoms with Crippen molar-refractivity contribution in [1.82, 2.24) is 4.90 Å². The Hall–Kier alpha value is 0.270. The number of nitrogens with zero attached hydrogens (tertiary/aromatic N) is 1. The van der Waals surface area contributed by atoms with Crippen LogP contribution >= 0.6 is 11.8 Å². The maximum Gasteiger partial charge on any atom is 0.0231 e. The Morgan fingerprint density at radius 2 is 2.11 bits per heavy atom. The predicted octanol–water partition coefficient (Wildman–Crippen LogP) is 2.97. The van der Waals surface area contributed by atoms with Crippen molar-refractivity contribution in [2.75, 3.05) is 25.4 Å². The summed E-state index contributed by atoms with van der Waals surface area (Å²) in [6.07, 6.45) is 5.30. The van der Waals surface area contributed by atoms with E-state index in [0.29, 0.717) is 10.8 Å². The average molecular weight is 270 g/mol. The summed E-state index contributed by atoms with van der Waals surface area (Å²) >= 11 is 2.12. The number of thioether (sulfide) groups is 1. The van der Waals surface area contributed by atoms with E-state index in [0.717, 1.165) is 11.8 Å². The lowest BCUT2D eigenvalue weighted by Crippen LogP contribution is -2.49. The van der Waals surface area contributed by atoms with Gasteiger partial charge in [0.15, 0.2) is 0 Å². The first-order valence-electron chi connectivity index (χ1n) is 7.62. The van der Waals surface area contributed by atoms with Gasteiger partial charge in [-0.1, -0.05) is 13.3 Å². The molecule has 2 aliphatic rings. The summed E-state index contributed by atoms with van der Waals surface area (Å²) in [4.78, 5) is 2.67. The number of rotatable bonds is 3. The van der Waals surface area contributed by atoms with Crippen molar-refractivity contribution in [1.29, 1.82) is 0 Å². The van der Waals surface area contributed by atoms with Crippen molar-refractivity contribution in [3.05, 3.63) is 0 Å². The van der Waals surface area contributed by atoms with Gasteiger partial charge in [-0.3, -0.25) is 0 Å². The first kappa shape index (κ1) is 14.7. The zero-order chi connectivity index (χ0) is 13.2. The normalized spacial score (nSPS) is 37.7. The first-order chi connectivity index (χ1) is 8.50.